The molecule has 5 heteroatoms. The zero-order chi connectivity index (χ0) is 18.4. The van der Waals surface area contributed by atoms with Crippen molar-refractivity contribution in [2.24, 2.45) is 0 Å². The molecule has 1 amide bonds. The van der Waals surface area contributed by atoms with Gasteiger partial charge in [-0.05, 0) is 49.9 Å². The van der Waals surface area contributed by atoms with Gasteiger partial charge in [0.15, 0.2) is 0 Å². The summed E-state index contributed by atoms with van der Waals surface area (Å²) in [6.45, 7) is 8.14. The highest BCUT2D eigenvalue weighted by molar-refractivity contribution is 5.76. The number of amides is 1. The van der Waals surface area contributed by atoms with Crippen molar-refractivity contribution in [3.05, 3.63) is 24.3 Å². The van der Waals surface area contributed by atoms with E-state index in [0.717, 1.165) is 51.4 Å². The van der Waals surface area contributed by atoms with E-state index in [1.165, 1.54) is 24.9 Å². The maximum absolute atomic E-state index is 12.6. The first-order chi connectivity index (χ1) is 12.7. The molecule has 2 fully saturated rings. The highest BCUT2D eigenvalue weighted by atomic mass is 16.5. The van der Waals surface area contributed by atoms with E-state index in [1.807, 2.05) is 12.1 Å². The standard InChI is InChI=1S/C21H33N3O2/c1-3-18-6-4-5-12-24(18)21(25)11-13-22-14-16-23(17-15-22)19-7-9-20(26-2)10-8-19/h7-10,18H,3-6,11-17H2,1-2H3. The van der Waals surface area contributed by atoms with Crippen molar-refractivity contribution < 1.29 is 9.53 Å². The Hall–Kier alpha value is -1.75. The minimum Gasteiger partial charge on any atom is -0.497 e. The molecule has 1 aromatic rings. The van der Waals surface area contributed by atoms with Gasteiger partial charge in [0.1, 0.15) is 5.75 Å². The smallest absolute Gasteiger partial charge is 0.224 e. The number of carbonyl (C=O) groups excluding carboxylic acids is 1. The second-order valence-corrected chi connectivity index (χ2v) is 7.42. The number of ether oxygens (including phenoxy) is 1. The van der Waals surface area contributed by atoms with Crippen LogP contribution < -0.4 is 9.64 Å². The quantitative estimate of drug-likeness (QED) is 0.782. The molecule has 1 atom stereocenters. The Labute approximate surface area is 157 Å². The monoisotopic (exact) mass is 359 g/mol. The molecule has 1 aromatic carbocycles. The highest BCUT2D eigenvalue weighted by Crippen LogP contribution is 2.22. The third kappa shape index (κ3) is 4.70. The first-order valence-corrected chi connectivity index (χ1v) is 10.1. The third-order valence-corrected chi connectivity index (χ3v) is 5.87. The first-order valence-electron chi connectivity index (χ1n) is 10.1. The Balaban J connectivity index is 1.42. The van der Waals surface area contributed by atoms with Gasteiger partial charge in [0.2, 0.25) is 5.91 Å². The molecule has 0 N–H and O–H groups in total. The predicted octanol–water partition coefficient (Wildman–Crippen LogP) is 3.00. The average molecular weight is 360 g/mol. The summed E-state index contributed by atoms with van der Waals surface area (Å²) in [5, 5.41) is 0. The Morgan fingerprint density at radius 2 is 1.81 bits per heavy atom. The molecule has 1 unspecified atom stereocenters. The molecule has 0 aromatic heterocycles. The van der Waals surface area contributed by atoms with Crippen LogP contribution >= 0.6 is 0 Å². The number of rotatable bonds is 6. The Bertz CT molecular complexity index is 567. The second kappa shape index (κ2) is 9.26. The van der Waals surface area contributed by atoms with Crippen molar-refractivity contribution >= 4 is 11.6 Å². The van der Waals surface area contributed by atoms with E-state index in [-0.39, 0.29) is 0 Å². The van der Waals surface area contributed by atoms with Gasteiger partial charge in [-0.2, -0.15) is 0 Å². The molecule has 2 heterocycles. The number of methoxy groups -OCH3 is 1. The van der Waals surface area contributed by atoms with Crippen molar-refractivity contribution in [2.45, 2.75) is 45.1 Å². The van der Waals surface area contributed by atoms with E-state index in [0.29, 0.717) is 18.4 Å². The number of nitrogens with zero attached hydrogens (tertiary/aromatic N) is 3. The number of carbonyl (C=O) groups is 1. The van der Waals surface area contributed by atoms with Crippen LogP contribution in [-0.4, -0.2) is 68.1 Å². The van der Waals surface area contributed by atoms with Crippen LogP contribution in [0, 0.1) is 0 Å². The summed E-state index contributed by atoms with van der Waals surface area (Å²) in [4.78, 5) is 19.6. The number of piperidine rings is 1. The van der Waals surface area contributed by atoms with Gasteiger partial charge < -0.3 is 14.5 Å². The van der Waals surface area contributed by atoms with E-state index in [9.17, 15) is 4.79 Å². The summed E-state index contributed by atoms with van der Waals surface area (Å²) in [6.07, 6.45) is 5.38. The van der Waals surface area contributed by atoms with Gasteiger partial charge in [-0.25, -0.2) is 0 Å². The van der Waals surface area contributed by atoms with Crippen LogP contribution in [0.3, 0.4) is 0 Å². The molecule has 0 spiro atoms. The van der Waals surface area contributed by atoms with Gasteiger partial charge in [-0.1, -0.05) is 6.92 Å². The van der Waals surface area contributed by atoms with E-state index in [4.69, 9.17) is 4.74 Å². The Kier molecular flexibility index (Phi) is 6.78. The molecule has 5 nitrogen and oxygen atoms in total. The van der Waals surface area contributed by atoms with Gasteiger partial charge in [-0.3, -0.25) is 9.69 Å². The fraction of sp³-hybridized carbons (Fsp3) is 0.667. The SMILES string of the molecule is CCC1CCCCN1C(=O)CCN1CCN(c2ccc(OC)cc2)CC1. The van der Waals surface area contributed by atoms with Crippen molar-refractivity contribution in [3.8, 4) is 5.75 Å². The molecular weight excluding hydrogens is 326 g/mol. The second-order valence-electron chi connectivity index (χ2n) is 7.42. The number of hydrogen-bond donors (Lipinski definition) is 0. The zero-order valence-electron chi connectivity index (χ0n) is 16.3. The van der Waals surface area contributed by atoms with E-state index >= 15 is 0 Å². The third-order valence-electron chi connectivity index (χ3n) is 5.87. The number of likely N-dealkylation sites (tertiary alicyclic amines) is 1. The lowest BCUT2D eigenvalue weighted by molar-refractivity contribution is -0.135. The van der Waals surface area contributed by atoms with E-state index in [1.54, 1.807) is 7.11 Å². The van der Waals surface area contributed by atoms with Gasteiger partial charge in [0, 0.05) is 57.4 Å². The minimum absolute atomic E-state index is 0.356. The molecule has 0 radical (unpaired) electrons. The van der Waals surface area contributed by atoms with Gasteiger partial charge in [-0.15, -0.1) is 0 Å². The van der Waals surface area contributed by atoms with Crippen molar-refractivity contribution in [3.63, 3.8) is 0 Å². The molecule has 0 bridgehead atoms. The van der Waals surface area contributed by atoms with Gasteiger partial charge in [0.05, 0.1) is 7.11 Å². The van der Waals surface area contributed by atoms with Crippen LogP contribution in [0.15, 0.2) is 24.3 Å². The predicted molar refractivity (Wildman–Crippen MR) is 106 cm³/mol. The molecule has 3 rings (SSSR count). The van der Waals surface area contributed by atoms with Crippen LogP contribution in [0.25, 0.3) is 0 Å². The summed E-state index contributed by atoms with van der Waals surface area (Å²) in [5.74, 6) is 1.25. The molecular formula is C21H33N3O2. The molecule has 2 saturated heterocycles. The topological polar surface area (TPSA) is 36.0 Å². The molecule has 2 aliphatic heterocycles. The van der Waals surface area contributed by atoms with E-state index < -0.39 is 0 Å². The summed E-state index contributed by atoms with van der Waals surface area (Å²) in [7, 11) is 1.70. The Morgan fingerprint density at radius 3 is 2.46 bits per heavy atom. The Morgan fingerprint density at radius 1 is 1.08 bits per heavy atom. The molecule has 2 aliphatic rings. The number of piperazine rings is 1. The normalized spacial score (nSPS) is 21.7. The van der Waals surface area contributed by atoms with Crippen LogP contribution in [0.5, 0.6) is 5.75 Å². The lowest BCUT2D eigenvalue weighted by Gasteiger charge is -2.38. The van der Waals surface area contributed by atoms with Crippen molar-refractivity contribution in [2.75, 3.05) is 51.3 Å². The van der Waals surface area contributed by atoms with Crippen LogP contribution in [0.4, 0.5) is 5.69 Å². The van der Waals surface area contributed by atoms with Gasteiger partial charge >= 0.3 is 0 Å². The maximum Gasteiger partial charge on any atom is 0.224 e. The molecule has 26 heavy (non-hydrogen) atoms. The average Bonchev–Trinajstić information content (AvgIpc) is 2.72. The van der Waals surface area contributed by atoms with Crippen molar-refractivity contribution in [1.82, 2.24) is 9.80 Å². The number of hydrogen-bond acceptors (Lipinski definition) is 4. The fourth-order valence-corrected chi connectivity index (χ4v) is 4.17. The maximum atomic E-state index is 12.6. The number of benzene rings is 1. The number of anilines is 1. The lowest BCUT2D eigenvalue weighted by atomic mass is 9.99. The minimum atomic E-state index is 0.356. The zero-order valence-corrected chi connectivity index (χ0v) is 16.3. The van der Waals surface area contributed by atoms with Crippen LogP contribution in [0.2, 0.25) is 0 Å². The molecule has 0 saturated carbocycles. The molecule has 0 aliphatic carbocycles. The summed E-state index contributed by atoms with van der Waals surface area (Å²) < 4.78 is 5.23. The van der Waals surface area contributed by atoms with Crippen LogP contribution in [0.1, 0.15) is 39.0 Å². The van der Waals surface area contributed by atoms with Crippen LogP contribution in [-0.2, 0) is 4.79 Å². The summed E-state index contributed by atoms with van der Waals surface area (Å²) in [5.41, 5.74) is 1.25. The fourth-order valence-electron chi connectivity index (χ4n) is 4.17. The summed E-state index contributed by atoms with van der Waals surface area (Å²) in [6, 6.07) is 8.76. The molecule has 144 valence electrons. The largest absolute Gasteiger partial charge is 0.497 e. The first kappa shape index (κ1) is 19.0. The van der Waals surface area contributed by atoms with Crippen molar-refractivity contribution in [1.29, 1.82) is 0 Å². The van der Waals surface area contributed by atoms with Gasteiger partial charge in [0.25, 0.3) is 0 Å². The summed E-state index contributed by atoms with van der Waals surface area (Å²) >= 11 is 0. The highest BCUT2D eigenvalue weighted by Gasteiger charge is 2.26. The lowest BCUT2D eigenvalue weighted by Crippen LogP contribution is -2.48. The van der Waals surface area contributed by atoms with E-state index in [2.05, 4.69) is 33.8 Å².